The maximum absolute atomic E-state index is 14.0. The molecule has 0 bridgehead atoms. The van der Waals surface area contributed by atoms with Gasteiger partial charge in [0.25, 0.3) is 11.4 Å². The summed E-state index contributed by atoms with van der Waals surface area (Å²) < 4.78 is 0. The molecule has 8 rings (SSSR count). The summed E-state index contributed by atoms with van der Waals surface area (Å²) in [4.78, 5) is 95.8. The minimum absolute atomic E-state index is 0.0758. The number of piperazine rings is 2. The Morgan fingerprint density at radius 3 is 1.34 bits per heavy atom. The second kappa shape index (κ2) is 24.5. The molecular formula is C58H60N10O8S. The number of carbonyl (C=O) groups excluding carboxylic acids is 4. The van der Waals surface area contributed by atoms with Gasteiger partial charge in [-0.15, -0.1) is 0 Å². The van der Waals surface area contributed by atoms with Crippen molar-refractivity contribution in [2.45, 2.75) is 61.4 Å². The number of nitrogens with zero attached hydrogens (tertiary/aromatic N) is 8. The van der Waals surface area contributed by atoms with Crippen LogP contribution in [-0.2, 0) is 19.2 Å². The zero-order valence-electron chi connectivity index (χ0n) is 43.7. The Kier molecular flexibility index (Phi) is 17.5. The molecule has 2 aliphatic heterocycles. The number of likely N-dealkylation sites (N-methyl/N-ethyl adjacent to an activating group) is 2. The van der Waals surface area contributed by atoms with E-state index >= 15 is 0 Å². The summed E-state index contributed by atoms with van der Waals surface area (Å²) in [5, 5.41) is 33.7. The third-order valence-electron chi connectivity index (χ3n) is 13.8. The van der Waals surface area contributed by atoms with Crippen LogP contribution in [0.5, 0.6) is 0 Å². The van der Waals surface area contributed by atoms with Crippen LogP contribution in [0.4, 0.5) is 22.7 Å². The third-order valence-corrected chi connectivity index (χ3v) is 14.9. The van der Waals surface area contributed by atoms with Crippen molar-refractivity contribution in [2.24, 2.45) is 0 Å². The highest BCUT2D eigenvalue weighted by molar-refractivity contribution is 7.99. The van der Waals surface area contributed by atoms with Crippen LogP contribution in [0.2, 0.25) is 0 Å². The average molecular weight is 1060 g/mol. The van der Waals surface area contributed by atoms with Crippen molar-refractivity contribution in [1.82, 2.24) is 30.4 Å². The van der Waals surface area contributed by atoms with Crippen molar-refractivity contribution >= 4 is 70.3 Å². The number of amides is 4. The highest BCUT2D eigenvalue weighted by Gasteiger charge is 2.34. The Labute approximate surface area is 451 Å². The van der Waals surface area contributed by atoms with Crippen LogP contribution in [0.1, 0.15) is 61.8 Å². The number of aromatic nitrogens is 2. The van der Waals surface area contributed by atoms with Crippen molar-refractivity contribution < 1.29 is 29.0 Å². The molecule has 19 heteroatoms. The molecule has 6 aromatic rings. The molecule has 0 aliphatic carbocycles. The number of hydrogen-bond donors (Lipinski definition) is 2. The van der Waals surface area contributed by atoms with Crippen molar-refractivity contribution in [3.8, 4) is 22.3 Å². The first-order valence-corrected chi connectivity index (χ1v) is 26.1. The van der Waals surface area contributed by atoms with Gasteiger partial charge < -0.3 is 30.2 Å². The van der Waals surface area contributed by atoms with E-state index in [0.717, 1.165) is 22.9 Å². The van der Waals surface area contributed by atoms with Gasteiger partial charge in [0.15, 0.2) is 0 Å². The van der Waals surface area contributed by atoms with E-state index in [1.165, 1.54) is 22.0 Å². The number of hydrogen-bond acceptors (Lipinski definition) is 13. The van der Waals surface area contributed by atoms with Crippen LogP contribution in [0, 0.1) is 20.2 Å². The monoisotopic (exact) mass is 1060 g/mol. The fourth-order valence-electron chi connectivity index (χ4n) is 9.74. The van der Waals surface area contributed by atoms with Gasteiger partial charge in [0.05, 0.1) is 30.8 Å². The van der Waals surface area contributed by atoms with Crippen LogP contribution in [0.25, 0.3) is 34.4 Å². The van der Waals surface area contributed by atoms with Crippen molar-refractivity contribution in [3.05, 3.63) is 176 Å². The fourth-order valence-corrected chi connectivity index (χ4v) is 10.8. The molecule has 2 fully saturated rings. The minimum Gasteiger partial charge on any atom is -0.336 e. The van der Waals surface area contributed by atoms with Gasteiger partial charge in [-0.25, -0.2) is 0 Å². The second-order valence-electron chi connectivity index (χ2n) is 19.3. The quantitative estimate of drug-likeness (QED) is 0.0526. The molecular weight excluding hydrogens is 997 g/mol. The maximum atomic E-state index is 14.0. The van der Waals surface area contributed by atoms with E-state index in [9.17, 15) is 39.4 Å². The minimum atomic E-state index is -0.684. The number of anilines is 2. The summed E-state index contributed by atoms with van der Waals surface area (Å²) in [7, 11) is 3.32. The van der Waals surface area contributed by atoms with E-state index < -0.39 is 33.7 Å². The molecule has 18 nitrogen and oxygen atoms in total. The van der Waals surface area contributed by atoms with Gasteiger partial charge >= 0.3 is 0 Å². The van der Waals surface area contributed by atoms with Crippen LogP contribution < -0.4 is 20.4 Å². The molecule has 2 unspecified atom stereocenters. The highest BCUT2D eigenvalue weighted by atomic mass is 32.2. The van der Waals surface area contributed by atoms with E-state index in [2.05, 4.69) is 20.6 Å². The summed E-state index contributed by atoms with van der Waals surface area (Å²) in [6, 6.07) is 26.6. The topological polar surface area (TPSA) is 217 Å². The first kappa shape index (κ1) is 54.9. The number of benzene rings is 4. The van der Waals surface area contributed by atoms with Gasteiger partial charge in [0.2, 0.25) is 23.6 Å². The Morgan fingerprint density at radius 2 is 0.974 bits per heavy atom. The van der Waals surface area contributed by atoms with E-state index in [4.69, 9.17) is 0 Å². The predicted molar refractivity (Wildman–Crippen MR) is 299 cm³/mol. The highest BCUT2D eigenvalue weighted by Crippen LogP contribution is 2.50. The number of nitro groups is 2. The van der Waals surface area contributed by atoms with Crippen LogP contribution >= 0.6 is 11.8 Å². The molecule has 2 atom stereocenters. The number of nitro benzene ring substituents is 2. The van der Waals surface area contributed by atoms with Gasteiger partial charge in [-0.05, 0) is 93.8 Å². The Bertz CT molecular complexity index is 3050. The maximum Gasteiger partial charge on any atom is 0.291 e. The first-order valence-electron chi connectivity index (χ1n) is 25.3. The molecule has 4 amide bonds. The number of pyridine rings is 2. The molecule has 4 heterocycles. The summed E-state index contributed by atoms with van der Waals surface area (Å²) in [6.45, 7) is 9.47. The number of nitrogens with one attached hydrogen (secondary N) is 2. The molecule has 0 saturated carbocycles. The fraction of sp³-hybridized carbons (Fsp3) is 0.276. The molecule has 77 heavy (non-hydrogen) atoms. The smallest absolute Gasteiger partial charge is 0.291 e. The van der Waals surface area contributed by atoms with Gasteiger partial charge in [-0.2, -0.15) is 0 Å². The lowest BCUT2D eigenvalue weighted by atomic mass is 9.89. The van der Waals surface area contributed by atoms with Crippen molar-refractivity contribution in [1.29, 1.82) is 0 Å². The van der Waals surface area contributed by atoms with Gasteiger partial charge in [0.1, 0.15) is 12.1 Å². The molecule has 2 saturated heterocycles. The average Bonchev–Trinajstić information content (AvgIpc) is 3.48. The van der Waals surface area contributed by atoms with E-state index in [0.29, 0.717) is 59.8 Å². The largest absolute Gasteiger partial charge is 0.336 e. The summed E-state index contributed by atoms with van der Waals surface area (Å²) in [6.07, 6.45) is 12.2. The third kappa shape index (κ3) is 12.3. The van der Waals surface area contributed by atoms with Crippen molar-refractivity contribution in [3.63, 3.8) is 0 Å². The first-order chi connectivity index (χ1) is 37.0. The molecule has 0 spiro atoms. The molecule has 396 valence electrons. The zero-order chi connectivity index (χ0) is 54.9. The van der Waals surface area contributed by atoms with Crippen molar-refractivity contribution in [2.75, 3.05) is 63.2 Å². The van der Waals surface area contributed by atoms with Crippen LogP contribution in [-0.4, -0.2) is 119 Å². The Hall–Kier alpha value is -8.39. The molecule has 2 aromatic heterocycles. The molecule has 2 aliphatic rings. The van der Waals surface area contributed by atoms with E-state index in [1.54, 1.807) is 134 Å². The summed E-state index contributed by atoms with van der Waals surface area (Å²) in [5.74, 6) is -1.39. The molecule has 0 radical (unpaired) electrons. The molecule has 4 aromatic carbocycles. The van der Waals surface area contributed by atoms with Gasteiger partial charge in [0, 0.05) is 102 Å². The zero-order valence-corrected chi connectivity index (χ0v) is 44.5. The number of carbonyl (C=O) groups is 4. The summed E-state index contributed by atoms with van der Waals surface area (Å²) in [5.41, 5.74) is 4.63. The van der Waals surface area contributed by atoms with E-state index in [1.807, 2.05) is 52.0 Å². The van der Waals surface area contributed by atoms with Gasteiger partial charge in [-0.3, -0.25) is 49.4 Å². The lowest BCUT2D eigenvalue weighted by Crippen LogP contribution is -2.58. The van der Waals surface area contributed by atoms with Crippen LogP contribution in [0.15, 0.2) is 144 Å². The lowest BCUT2D eigenvalue weighted by Gasteiger charge is -2.34. The number of rotatable bonds is 16. The second-order valence-corrected chi connectivity index (χ2v) is 20.4. The Balaban J connectivity index is 1.16. The predicted octanol–water partition coefficient (Wildman–Crippen LogP) is 8.98. The standard InChI is InChI=1S/C58H60N10O8S/c1-37(2)43-11-7-9-13-45(43)53-39(17-21-51(69)65-33-31-61-47(35-65)57(71)63(5)41-23-27-59-28-24-41)15-19-49(55(53)67(73)74)77-50-20-16-40(54(56(50)68(75)76)46-14-10-8-12-44(46)38(3)4)18-22-52(70)66-34-32-62-48(36-66)58(72)64(6)42-25-29-60-30-26-42/h7-30,37-38,47-48,61-62H,31-36H2,1-6H3. The summed E-state index contributed by atoms with van der Waals surface area (Å²) >= 11 is 0.888. The van der Waals surface area contributed by atoms with Crippen LogP contribution in [0.3, 0.4) is 0 Å². The van der Waals surface area contributed by atoms with E-state index in [-0.39, 0.29) is 69.0 Å². The van der Waals surface area contributed by atoms with Gasteiger partial charge in [-0.1, -0.05) is 100 Å². The SMILES string of the molecule is CC(C)c1ccccc1-c1c(C=CC(=O)N2CCNC(C(=O)N(C)c3ccncc3)C2)ccc(Sc2ccc(C=CC(=O)N3CCNC(C(=O)N(C)c4ccncc4)C3)c(-c3ccccc3C(C)C)c2[N+](=O)[O-])c1[N+](=O)[O-]. The normalized spacial score (nSPS) is 15.8. The Morgan fingerprint density at radius 1 is 0.597 bits per heavy atom. The molecule has 2 N–H and O–H groups in total. The lowest BCUT2D eigenvalue weighted by molar-refractivity contribution is -0.387.